The smallest absolute Gasteiger partial charge is 0.246 e. The maximum atomic E-state index is 6.24. The highest BCUT2D eigenvalue weighted by Crippen LogP contribution is 2.28. The fraction of sp³-hybridized carbons (Fsp3) is 0.429. The zero-order valence-corrected chi connectivity index (χ0v) is 13.0. The molecule has 0 aliphatic heterocycles. The van der Waals surface area contributed by atoms with Gasteiger partial charge in [-0.2, -0.15) is 4.98 Å². The number of aromatic nitrogens is 2. The summed E-state index contributed by atoms with van der Waals surface area (Å²) >= 11 is 12.3. The molecule has 2 N–H and O–H groups in total. The minimum atomic E-state index is -0.574. The molecule has 0 aliphatic carbocycles. The number of nitrogens with two attached hydrogens (primary N) is 1. The number of hydrogen-bond donors (Lipinski definition) is 1. The van der Waals surface area contributed by atoms with E-state index in [1.807, 2.05) is 13.8 Å². The van der Waals surface area contributed by atoms with Gasteiger partial charge in [-0.05, 0) is 30.5 Å². The molecule has 0 spiro atoms. The molecule has 1 aromatic heterocycles. The molecule has 0 unspecified atom stereocenters. The molecule has 0 radical (unpaired) electrons. The van der Waals surface area contributed by atoms with Gasteiger partial charge in [-0.1, -0.05) is 48.3 Å². The van der Waals surface area contributed by atoms with Gasteiger partial charge in [0.05, 0.1) is 5.54 Å². The zero-order chi connectivity index (χ0) is 14.8. The summed E-state index contributed by atoms with van der Waals surface area (Å²) in [6.45, 7) is 4.00. The second-order valence-corrected chi connectivity index (χ2v) is 5.57. The zero-order valence-electron chi connectivity index (χ0n) is 11.5. The largest absolute Gasteiger partial charge is 0.337 e. The van der Waals surface area contributed by atoms with E-state index in [0.29, 0.717) is 28.2 Å². The predicted octanol–water partition coefficient (Wildman–Crippen LogP) is 3.94. The molecule has 0 aliphatic rings. The van der Waals surface area contributed by atoms with Crippen molar-refractivity contribution in [2.24, 2.45) is 5.73 Å². The standard InChI is InChI=1S/C14H17Cl2N3O/c1-3-14(17,4-2)13-18-12(19-20-13)8-9-10(15)6-5-7-11(9)16/h5-7H,3-4,8,17H2,1-2H3. The van der Waals surface area contributed by atoms with Crippen molar-refractivity contribution < 1.29 is 4.52 Å². The van der Waals surface area contributed by atoms with Gasteiger partial charge >= 0.3 is 0 Å². The van der Waals surface area contributed by atoms with Gasteiger partial charge < -0.3 is 10.3 Å². The lowest BCUT2D eigenvalue weighted by molar-refractivity contribution is 0.267. The van der Waals surface area contributed by atoms with Gasteiger partial charge in [-0.3, -0.25) is 0 Å². The average Bonchev–Trinajstić information content (AvgIpc) is 2.91. The summed E-state index contributed by atoms with van der Waals surface area (Å²) in [6.07, 6.45) is 1.89. The van der Waals surface area contributed by atoms with Crippen LogP contribution in [0.1, 0.15) is 44.0 Å². The summed E-state index contributed by atoms with van der Waals surface area (Å²) in [4.78, 5) is 4.38. The third-order valence-corrected chi connectivity index (χ3v) is 4.26. The Morgan fingerprint density at radius 3 is 2.35 bits per heavy atom. The van der Waals surface area contributed by atoms with Gasteiger partial charge in [-0.25, -0.2) is 0 Å². The van der Waals surface area contributed by atoms with Gasteiger partial charge in [0, 0.05) is 16.5 Å². The number of halogens is 2. The van der Waals surface area contributed by atoms with Crippen LogP contribution >= 0.6 is 23.2 Å². The Balaban J connectivity index is 2.26. The molecule has 1 aromatic carbocycles. The molecule has 0 fully saturated rings. The molecule has 0 saturated carbocycles. The van der Waals surface area contributed by atoms with Crippen LogP contribution < -0.4 is 5.73 Å². The molecule has 6 heteroatoms. The summed E-state index contributed by atoms with van der Waals surface area (Å²) in [7, 11) is 0. The van der Waals surface area contributed by atoms with Crippen molar-refractivity contribution in [3.8, 4) is 0 Å². The first kappa shape index (κ1) is 15.3. The van der Waals surface area contributed by atoms with E-state index in [0.717, 1.165) is 18.4 Å². The molecular weight excluding hydrogens is 297 g/mol. The average molecular weight is 314 g/mol. The van der Waals surface area contributed by atoms with E-state index in [9.17, 15) is 0 Å². The summed E-state index contributed by atoms with van der Waals surface area (Å²) in [5.74, 6) is 0.993. The Bertz CT molecular complexity index is 574. The van der Waals surface area contributed by atoms with E-state index in [4.69, 9.17) is 33.5 Å². The van der Waals surface area contributed by atoms with Crippen LogP contribution in [0.2, 0.25) is 10.0 Å². The third kappa shape index (κ3) is 2.97. The highest BCUT2D eigenvalue weighted by Gasteiger charge is 2.30. The van der Waals surface area contributed by atoms with Crippen LogP contribution in [-0.4, -0.2) is 10.1 Å². The Labute approximate surface area is 128 Å². The van der Waals surface area contributed by atoms with Gasteiger partial charge in [-0.15, -0.1) is 0 Å². The van der Waals surface area contributed by atoms with Gasteiger partial charge in [0.25, 0.3) is 0 Å². The first-order valence-electron chi connectivity index (χ1n) is 6.55. The van der Waals surface area contributed by atoms with Crippen LogP contribution in [-0.2, 0) is 12.0 Å². The third-order valence-electron chi connectivity index (χ3n) is 3.55. The Morgan fingerprint density at radius 1 is 1.20 bits per heavy atom. The summed E-state index contributed by atoms with van der Waals surface area (Å²) < 4.78 is 5.29. The number of nitrogens with zero attached hydrogens (tertiary/aromatic N) is 2. The molecule has 108 valence electrons. The first-order chi connectivity index (χ1) is 9.50. The SMILES string of the molecule is CCC(N)(CC)c1nc(Cc2c(Cl)cccc2Cl)no1. The maximum Gasteiger partial charge on any atom is 0.246 e. The van der Waals surface area contributed by atoms with Crippen LogP contribution in [0.3, 0.4) is 0 Å². The van der Waals surface area contributed by atoms with Crippen molar-refractivity contribution in [2.75, 3.05) is 0 Å². The molecule has 2 rings (SSSR count). The Morgan fingerprint density at radius 2 is 1.80 bits per heavy atom. The van der Waals surface area contributed by atoms with Crippen LogP contribution in [0.25, 0.3) is 0 Å². The van der Waals surface area contributed by atoms with E-state index < -0.39 is 5.54 Å². The fourth-order valence-electron chi connectivity index (χ4n) is 1.94. The fourth-order valence-corrected chi connectivity index (χ4v) is 2.47. The molecule has 0 atom stereocenters. The monoisotopic (exact) mass is 313 g/mol. The second kappa shape index (κ2) is 6.12. The van der Waals surface area contributed by atoms with Gasteiger partial charge in [0.15, 0.2) is 5.82 Å². The van der Waals surface area contributed by atoms with Crippen molar-refractivity contribution >= 4 is 23.2 Å². The molecule has 0 bridgehead atoms. The van der Waals surface area contributed by atoms with E-state index in [-0.39, 0.29) is 0 Å². The van der Waals surface area contributed by atoms with Crippen LogP contribution in [0.5, 0.6) is 0 Å². The van der Waals surface area contributed by atoms with Crippen molar-refractivity contribution in [2.45, 2.75) is 38.6 Å². The number of hydrogen-bond acceptors (Lipinski definition) is 4. The lowest BCUT2D eigenvalue weighted by atomic mass is 9.94. The molecule has 2 aromatic rings. The van der Waals surface area contributed by atoms with Crippen molar-refractivity contribution in [3.05, 3.63) is 45.5 Å². The number of rotatable bonds is 5. The van der Waals surface area contributed by atoms with Crippen LogP contribution in [0.15, 0.2) is 22.7 Å². The van der Waals surface area contributed by atoms with Gasteiger partial charge in [0.1, 0.15) is 0 Å². The molecule has 1 heterocycles. The number of benzene rings is 1. The quantitative estimate of drug-likeness (QED) is 0.908. The molecule has 0 saturated heterocycles. The van der Waals surface area contributed by atoms with Crippen molar-refractivity contribution in [1.82, 2.24) is 10.1 Å². The highest BCUT2D eigenvalue weighted by molar-refractivity contribution is 6.36. The molecular formula is C14H17Cl2N3O. The minimum Gasteiger partial charge on any atom is -0.337 e. The topological polar surface area (TPSA) is 64.9 Å². The van der Waals surface area contributed by atoms with E-state index in [2.05, 4.69) is 10.1 Å². The summed E-state index contributed by atoms with van der Waals surface area (Å²) in [5.41, 5.74) is 6.45. The lowest BCUT2D eigenvalue weighted by Crippen LogP contribution is -2.35. The summed E-state index contributed by atoms with van der Waals surface area (Å²) in [6, 6.07) is 5.37. The lowest BCUT2D eigenvalue weighted by Gasteiger charge is -2.20. The normalized spacial score (nSPS) is 11.8. The van der Waals surface area contributed by atoms with Crippen molar-refractivity contribution in [1.29, 1.82) is 0 Å². The van der Waals surface area contributed by atoms with Gasteiger partial charge in [0.2, 0.25) is 5.89 Å². The highest BCUT2D eigenvalue weighted by atomic mass is 35.5. The predicted molar refractivity (Wildman–Crippen MR) is 80.0 cm³/mol. The molecule has 20 heavy (non-hydrogen) atoms. The van der Waals surface area contributed by atoms with Crippen LogP contribution in [0, 0.1) is 0 Å². The minimum absolute atomic E-state index is 0.422. The van der Waals surface area contributed by atoms with E-state index in [1.54, 1.807) is 18.2 Å². The Hall–Kier alpha value is -1.10. The van der Waals surface area contributed by atoms with E-state index >= 15 is 0 Å². The second-order valence-electron chi connectivity index (χ2n) is 4.76. The van der Waals surface area contributed by atoms with Crippen LogP contribution in [0.4, 0.5) is 0 Å². The maximum absolute atomic E-state index is 6.24. The molecule has 4 nitrogen and oxygen atoms in total. The first-order valence-corrected chi connectivity index (χ1v) is 7.30. The van der Waals surface area contributed by atoms with Crippen molar-refractivity contribution in [3.63, 3.8) is 0 Å². The summed E-state index contributed by atoms with van der Waals surface area (Å²) in [5, 5.41) is 5.16. The van der Waals surface area contributed by atoms with E-state index in [1.165, 1.54) is 0 Å². The molecule has 0 amide bonds. The Kier molecular flexibility index (Phi) is 4.68.